The summed E-state index contributed by atoms with van der Waals surface area (Å²) in [5, 5.41) is 10.3. The summed E-state index contributed by atoms with van der Waals surface area (Å²) < 4.78 is 5.31. The lowest BCUT2D eigenvalue weighted by Gasteiger charge is -2.27. The molecule has 0 aromatic carbocycles. The maximum Gasteiger partial charge on any atom is 0.0837 e. The Hall–Kier alpha value is -0.930. The lowest BCUT2D eigenvalue weighted by Crippen LogP contribution is -2.22. The van der Waals surface area contributed by atoms with Crippen molar-refractivity contribution in [2.24, 2.45) is 5.92 Å². The molecule has 1 N–H and O–H groups in total. The molecule has 0 amide bonds. The zero-order valence-corrected chi connectivity index (χ0v) is 9.94. The molecule has 1 saturated heterocycles. The number of rotatable bonds is 2. The summed E-state index contributed by atoms with van der Waals surface area (Å²) in [6.45, 7) is 5.46. The monoisotopic (exact) mass is 221 g/mol. The fraction of sp³-hybridized carbons (Fsp3) is 0.615. The normalized spacial score (nSPS) is 19.7. The fourth-order valence-corrected chi connectivity index (χ4v) is 2.30. The number of hydrogen-bond acceptors (Lipinski definition) is 3. The van der Waals surface area contributed by atoms with Crippen molar-refractivity contribution >= 4 is 0 Å². The molecule has 3 heteroatoms. The van der Waals surface area contributed by atoms with Gasteiger partial charge in [0.25, 0.3) is 0 Å². The van der Waals surface area contributed by atoms with Crippen LogP contribution >= 0.6 is 0 Å². The standard InChI is InChI=1S/C13H19NO2/c1-9-3-4-12(10(2)14-9)13(15)11-5-7-16-8-6-11/h3-4,11,13,15H,5-8H2,1-2H3. The Bertz CT molecular complexity index is 359. The van der Waals surface area contributed by atoms with Crippen molar-refractivity contribution in [1.29, 1.82) is 0 Å². The van der Waals surface area contributed by atoms with E-state index in [1.54, 1.807) is 0 Å². The largest absolute Gasteiger partial charge is 0.388 e. The Labute approximate surface area is 96.5 Å². The highest BCUT2D eigenvalue weighted by molar-refractivity contribution is 5.24. The van der Waals surface area contributed by atoms with E-state index in [9.17, 15) is 5.11 Å². The molecule has 16 heavy (non-hydrogen) atoms. The average Bonchev–Trinajstić information content (AvgIpc) is 2.29. The van der Waals surface area contributed by atoms with Crippen LogP contribution in [-0.4, -0.2) is 23.3 Å². The molecule has 0 aliphatic carbocycles. The van der Waals surface area contributed by atoms with Gasteiger partial charge < -0.3 is 9.84 Å². The van der Waals surface area contributed by atoms with Gasteiger partial charge in [0, 0.05) is 30.2 Å². The van der Waals surface area contributed by atoms with E-state index in [2.05, 4.69) is 4.98 Å². The van der Waals surface area contributed by atoms with Crippen LogP contribution in [0.4, 0.5) is 0 Å². The number of aliphatic hydroxyl groups excluding tert-OH is 1. The minimum atomic E-state index is -0.392. The number of ether oxygens (including phenoxy) is 1. The Morgan fingerprint density at radius 2 is 2.00 bits per heavy atom. The van der Waals surface area contributed by atoms with Gasteiger partial charge in [-0.1, -0.05) is 6.07 Å². The molecule has 1 atom stereocenters. The Morgan fingerprint density at radius 3 is 2.62 bits per heavy atom. The van der Waals surface area contributed by atoms with Crippen molar-refractivity contribution in [1.82, 2.24) is 4.98 Å². The number of aryl methyl sites for hydroxylation is 2. The molecule has 2 rings (SSSR count). The van der Waals surface area contributed by atoms with E-state index in [1.165, 1.54) is 0 Å². The van der Waals surface area contributed by atoms with Gasteiger partial charge in [0.15, 0.2) is 0 Å². The summed E-state index contributed by atoms with van der Waals surface area (Å²) in [6, 6.07) is 3.96. The predicted molar refractivity (Wildman–Crippen MR) is 62.2 cm³/mol. The fourth-order valence-electron chi connectivity index (χ4n) is 2.30. The van der Waals surface area contributed by atoms with E-state index < -0.39 is 6.10 Å². The number of hydrogen-bond donors (Lipinski definition) is 1. The summed E-state index contributed by atoms with van der Waals surface area (Å²) in [4.78, 5) is 4.40. The topological polar surface area (TPSA) is 42.4 Å². The highest BCUT2D eigenvalue weighted by Crippen LogP contribution is 2.30. The van der Waals surface area contributed by atoms with Crippen LogP contribution < -0.4 is 0 Å². The minimum Gasteiger partial charge on any atom is -0.388 e. The zero-order valence-electron chi connectivity index (χ0n) is 9.94. The summed E-state index contributed by atoms with van der Waals surface area (Å²) >= 11 is 0. The van der Waals surface area contributed by atoms with Gasteiger partial charge >= 0.3 is 0 Å². The molecule has 1 unspecified atom stereocenters. The molecule has 1 aromatic rings. The maximum absolute atomic E-state index is 10.3. The lowest BCUT2D eigenvalue weighted by molar-refractivity contribution is 0.00680. The summed E-state index contributed by atoms with van der Waals surface area (Å²) in [5.74, 6) is 0.317. The third kappa shape index (κ3) is 2.42. The number of aromatic nitrogens is 1. The smallest absolute Gasteiger partial charge is 0.0837 e. The second-order valence-corrected chi connectivity index (χ2v) is 4.52. The third-order valence-electron chi connectivity index (χ3n) is 3.30. The third-order valence-corrected chi connectivity index (χ3v) is 3.30. The Morgan fingerprint density at radius 1 is 1.31 bits per heavy atom. The quantitative estimate of drug-likeness (QED) is 0.832. The van der Waals surface area contributed by atoms with E-state index in [4.69, 9.17) is 4.74 Å². The summed E-state index contributed by atoms with van der Waals surface area (Å²) in [7, 11) is 0. The number of nitrogens with zero attached hydrogens (tertiary/aromatic N) is 1. The van der Waals surface area contributed by atoms with Crippen molar-refractivity contribution in [2.75, 3.05) is 13.2 Å². The zero-order chi connectivity index (χ0) is 11.5. The lowest BCUT2D eigenvalue weighted by atomic mass is 9.89. The van der Waals surface area contributed by atoms with Crippen LogP contribution in [-0.2, 0) is 4.74 Å². The first kappa shape index (κ1) is 11.6. The Kier molecular flexibility index (Phi) is 3.56. The second-order valence-electron chi connectivity index (χ2n) is 4.52. The van der Waals surface area contributed by atoms with Gasteiger partial charge in [-0.15, -0.1) is 0 Å². The number of pyridine rings is 1. The molecular weight excluding hydrogens is 202 g/mol. The maximum atomic E-state index is 10.3. The van der Waals surface area contributed by atoms with Gasteiger partial charge in [0.1, 0.15) is 0 Å². The van der Waals surface area contributed by atoms with Crippen LogP contribution in [0.2, 0.25) is 0 Å². The van der Waals surface area contributed by atoms with E-state index in [1.807, 2.05) is 26.0 Å². The molecule has 1 aromatic heterocycles. The number of aliphatic hydroxyl groups is 1. The molecule has 2 heterocycles. The predicted octanol–water partition coefficient (Wildman–Crippen LogP) is 2.16. The summed E-state index contributed by atoms with van der Waals surface area (Å²) in [5.41, 5.74) is 2.91. The molecule has 1 aliphatic rings. The van der Waals surface area contributed by atoms with E-state index in [0.717, 1.165) is 43.0 Å². The molecule has 3 nitrogen and oxygen atoms in total. The van der Waals surface area contributed by atoms with Crippen LogP contribution in [0.5, 0.6) is 0 Å². The molecular formula is C13H19NO2. The van der Waals surface area contributed by atoms with Gasteiger partial charge in [-0.25, -0.2) is 0 Å². The van der Waals surface area contributed by atoms with Crippen molar-refractivity contribution in [3.63, 3.8) is 0 Å². The van der Waals surface area contributed by atoms with E-state index >= 15 is 0 Å². The van der Waals surface area contributed by atoms with Crippen molar-refractivity contribution in [3.8, 4) is 0 Å². The molecule has 1 fully saturated rings. The Balaban J connectivity index is 2.15. The molecule has 1 aliphatic heterocycles. The van der Waals surface area contributed by atoms with Crippen molar-refractivity contribution in [2.45, 2.75) is 32.8 Å². The minimum absolute atomic E-state index is 0.317. The van der Waals surface area contributed by atoms with Gasteiger partial charge in [-0.2, -0.15) is 0 Å². The van der Waals surface area contributed by atoms with Gasteiger partial charge in [0.2, 0.25) is 0 Å². The average molecular weight is 221 g/mol. The van der Waals surface area contributed by atoms with Crippen molar-refractivity contribution < 1.29 is 9.84 Å². The van der Waals surface area contributed by atoms with Gasteiger partial charge in [-0.3, -0.25) is 4.98 Å². The SMILES string of the molecule is Cc1ccc(C(O)C2CCOCC2)c(C)n1. The van der Waals surface area contributed by atoms with Crippen molar-refractivity contribution in [3.05, 3.63) is 29.1 Å². The first-order valence-electron chi connectivity index (χ1n) is 5.88. The van der Waals surface area contributed by atoms with Crippen LogP contribution in [0.25, 0.3) is 0 Å². The molecule has 0 spiro atoms. The first-order valence-corrected chi connectivity index (χ1v) is 5.88. The van der Waals surface area contributed by atoms with E-state index in [-0.39, 0.29) is 0 Å². The molecule has 0 saturated carbocycles. The van der Waals surface area contributed by atoms with Gasteiger partial charge in [-0.05, 0) is 38.7 Å². The molecule has 0 bridgehead atoms. The van der Waals surface area contributed by atoms with Crippen LogP contribution in [0.3, 0.4) is 0 Å². The van der Waals surface area contributed by atoms with E-state index in [0.29, 0.717) is 5.92 Å². The summed E-state index contributed by atoms with van der Waals surface area (Å²) in [6.07, 6.45) is 1.49. The highest BCUT2D eigenvalue weighted by Gasteiger charge is 2.24. The van der Waals surface area contributed by atoms with Crippen LogP contribution in [0.15, 0.2) is 12.1 Å². The second kappa shape index (κ2) is 4.93. The highest BCUT2D eigenvalue weighted by atomic mass is 16.5. The molecule has 0 radical (unpaired) electrons. The first-order chi connectivity index (χ1) is 7.68. The van der Waals surface area contributed by atoms with Crippen LogP contribution in [0, 0.1) is 19.8 Å². The van der Waals surface area contributed by atoms with Gasteiger partial charge in [0.05, 0.1) is 6.10 Å². The molecule has 88 valence electrons. The van der Waals surface area contributed by atoms with Crippen LogP contribution in [0.1, 0.15) is 35.9 Å².